The molecular formula is C20H37IN6O2. The number of hydrogen-bond donors (Lipinski definition) is 2. The maximum atomic E-state index is 12.5. The van der Waals surface area contributed by atoms with Gasteiger partial charge in [0.05, 0.1) is 6.54 Å². The zero-order valence-corrected chi connectivity index (χ0v) is 20.9. The van der Waals surface area contributed by atoms with E-state index in [4.69, 9.17) is 4.52 Å². The summed E-state index contributed by atoms with van der Waals surface area (Å²) in [6.45, 7) is 12.3. The van der Waals surface area contributed by atoms with Gasteiger partial charge in [-0.05, 0) is 25.7 Å². The quantitative estimate of drug-likeness (QED) is 0.340. The molecule has 0 saturated carbocycles. The average Bonchev–Trinajstić information content (AvgIpc) is 3.16. The van der Waals surface area contributed by atoms with Crippen molar-refractivity contribution in [2.45, 2.75) is 78.3 Å². The number of piperidine rings is 1. The fourth-order valence-electron chi connectivity index (χ4n) is 3.32. The van der Waals surface area contributed by atoms with Crippen LogP contribution >= 0.6 is 24.0 Å². The van der Waals surface area contributed by atoms with Crippen LogP contribution in [0.3, 0.4) is 0 Å². The number of guanidine groups is 1. The molecule has 8 nitrogen and oxygen atoms in total. The molecule has 0 aromatic carbocycles. The number of carbonyl (C=O) groups is 1. The molecule has 1 aliphatic rings. The maximum Gasteiger partial charge on any atom is 0.232 e. The van der Waals surface area contributed by atoms with Crippen molar-refractivity contribution in [3.63, 3.8) is 0 Å². The lowest BCUT2D eigenvalue weighted by atomic mass is 9.97. The predicted molar refractivity (Wildman–Crippen MR) is 125 cm³/mol. The van der Waals surface area contributed by atoms with Gasteiger partial charge < -0.3 is 20.1 Å². The molecule has 0 atom stereocenters. The first-order valence-corrected chi connectivity index (χ1v) is 10.4. The highest BCUT2D eigenvalue weighted by Gasteiger charge is 2.27. The van der Waals surface area contributed by atoms with E-state index in [1.54, 1.807) is 7.05 Å². The number of hydrogen-bond acceptors (Lipinski definition) is 5. The molecule has 1 aromatic rings. The van der Waals surface area contributed by atoms with Gasteiger partial charge in [-0.1, -0.05) is 39.8 Å². The van der Waals surface area contributed by atoms with E-state index in [1.165, 1.54) is 0 Å². The minimum Gasteiger partial charge on any atom is -0.354 e. The first kappa shape index (κ1) is 25.6. The molecule has 2 heterocycles. The summed E-state index contributed by atoms with van der Waals surface area (Å²) in [5.41, 5.74) is -0.162. The molecule has 1 fully saturated rings. The number of carbonyl (C=O) groups excluding carboxylic acids is 1. The van der Waals surface area contributed by atoms with Crippen LogP contribution in [0.1, 0.15) is 72.0 Å². The highest BCUT2D eigenvalue weighted by Crippen LogP contribution is 2.19. The molecule has 0 aliphatic carbocycles. The summed E-state index contributed by atoms with van der Waals surface area (Å²) in [5.74, 6) is 2.41. The second-order valence-corrected chi connectivity index (χ2v) is 8.45. The Labute approximate surface area is 191 Å². The topological polar surface area (TPSA) is 95.7 Å². The van der Waals surface area contributed by atoms with E-state index >= 15 is 0 Å². The summed E-state index contributed by atoms with van der Waals surface area (Å²) < 4.78 is 5.32. The van der Waals surface area contributed by atoms with Crippen LogP contribution in [-0.2, 0) is 16.8 Å². The van der Waals surface area contributed by atoms with Crippen LogP contribution in [0, 0.1) is 5.92 Å². The molecule has 0 radical (unpaired) electrons. The summed E-state index contributed by atoms with van der Waals surface area (Å²) in [6.07, 6.45) is 3.67. The number of rotatable bonds is 6. The summed E-state index contributed by atoms with van der Waals surface area (Å²) in [7, 11) is 1.75. The Hall–Kier alpha value is -1.39. The van der Waals surface area contributed by atoms with E-state index in [1.807, 2.05) is 25.7 Å². The van der Waals surface area contributed by atoms with Crippen LogP contribution in [0.5, 0.6) is 0 Å². The van der Waals surface area contributed by atoms with Crippen molar-refractivity contribution in [2.75, 3.05) is 20.1 Å². The van der Waals surface area contributed by atoms with Crippen molar-refractivity contribution < 1.29 is 9.32 Å². The Morgan fingerprint density at radius 3 is 2.38 bits per heavy atom. The minimum absolute atomic E-state index is 0. The third-order valence-corrected chi connectivity index (χ3v) is 5.23. The fraction of sp³-hybridized carbons (Fsp3) is 0.800. The minimum atomic E-state index is -0.162. The molecule has 1 aliphatic heterocycles. The van der Waals surface area contributed by atoms with Gasteiger partial charge in [-0.15, -0.1) is 24.0 Å². The van der Waals surface area contributed by atoms with Crippen LogP contribution in [-0.4, -0.2) is 53.1 Å². The van der Waals surface area contributed by atoms with E-state index in [2.05, 4.69) is 39.6 Å². The number of amides is 1. The molecule has 9 heteroatoms. The number of aromatic nitrogens is 2. The number of halogens is 1. The molecule has 0 spiro atoms. The largest absolute Gasteiger partial charge is 0.354 e. The van der Waals surface area contributed by atoms with E-state index in [-0.39, 0.29) is 35.3 Å². The molecule has 29 heavy (non-hydrogen) atoms. The summed E-state index contributed by atoms with van der Waals surface area (Å²) >= 11 is 0. The first-order valence-electron chi connectivity index (χ1n) is 10.4. The van der Waals surface area contributed by atoms with Crippen LogP contribution in [0.2, 0.25) is 0 Å². The molecule has 1 aromatic heterocycles. The maximum absolute atomic E-state index is 12.5. The second-order valence-electron chi connectivity index (χ2n) is 8.45. The first-order chi connectivity index (χ1) is 13.3. The Kier molecular flexibility index (Phi) is 10.4. The van der Waals surface area contributed by atoms with Crippen molar-refractivity contribution in [3.8, 4) is 0 Å². The van der Waals surface area contributed by atoms with E-state index in [0.717, 1.165) is 38.8 Å². The lowest BCUT2D eigenvalue weighted by Crippen LogP contribution is -2.50. The summed E-state index contributed by atoms with van der Waals surface area (Å²) in [6, 6.07) is 0.298. The number of likely N-dealkylation sites (tertiary alicyclic amines) is 1. The molecule has 166 valence electrons. The van der Waals surface area contributed by atoms with Crippen LogP contribution < -0.4 is 10.6 Å². The lowest BCUT2D eigenvalue weighted by Gasteiger charge is -2.34. The van der Waals surface area contributed by atoms with Gasteiger partial charge in [0.2, 0.25) is 11.8 Å². The molecule has 1 saturated heterocycles. The van der Waals surface area contributed by atoms with E-state index < -0.39 is 0 Å². The Morgan fingerprint density at radius 2 is 1.90 bits per heavy atom. The highest BCUT2D eigenvalue weighted by molar-refractivity contribution is 14.0. The zero-order chi connectivity index (χ0) is 20.7. The third kappa shape index (κ3) is 7.42. The van der Waals surface area contributed by atoms with Gasteiger partial charge in [-0.2, -0.15) is 4.98 Å². The lowest BCUT2D eigenvalue weighted by molar-refractivity contribution is -0.136. The smallest absolute Gasteiger partial charge is 0.232 e. The third-order valence-electron chi connectivity index (χ3n) is 5.23. The predicted octanol–water partition coefficient (Wildman–Crippen LogP) is 3.08. The SMILES string of the molecule is CCC(CC)C(=O)N1CCC(NC(=NC)NCc2noc(C(C)(C)C)n2)CC1.I. The van der Waals surface area contributed by atoms with Gasteiger partial charge >= 0.3 is 0 Å². The van der Waals surface area contributed by atoms with Crippen molar-refractivity contribution in [3.05, 3.63) is 11.7 Å². The van der Waals surface area contributed by atoms with Crippen molar-refractivity contribution in [2.24, 2.45) is 10.9 Å². The highest BCUT2D eigenvalue weighted by atomic mass is 127. The van der Waals surface area contributed by atoms with Gasteiger partial charge in [0.15, 0.2) is 11.8 Å². The average molecular weight is 520 g/mol. The van der Waals surface area contributed by atoms with Crippen molar-refractivity contribution >= 4 is 35.8 Å². The zero-order valence-electron chi connectivity index (χ0n) is 18.6. The Bertz CT molecular complexity index is 658. The van der Waals surface area contributed by atoms with Gasteiger partial charge in [0, 0.05) is 37.5 Å². The molecular weight excluding hydrogens is 483 g/mol. The van der Waals surface area contributed by atoms with Gasteiger partial charge in [0.1, 0.15) is 0 Å². The summed E-state index contributed by atoms with van der Waals surface area (Å²) in [5, 5.41) is 10.7. The Balaban J connectivity index is 0.00000420. The number of nitrogens with zero attached hydrogens (tertiary/aromatic N) is 4. The van der Waals surface area contributed by atoms with Crippen LogP contribution in [0.25, 0.3) is 0 Å². The van der Waals surface area contributed by atoms with Gasteiger partial charge in [-0.3, -0.25) is 9.79 Å². The van der Waals surface area contributed by atoms with Gasteiger partial charge in [-0.25, -0.2) is 0 Å². The number of aliphatic imine (C=N–C) groups is 1. The van der Waals surface area contributed by atoms with E-state index in [0.29, 0.717) is 36.2 Å². The summed E-state index contributed by atoms with van der Waals surface area (Å²) in [4.78, 5) is 23.3. The molecule has 1 amide bonds. The molecule has 2 N–H and O–H groups in total. The molecule has 2 rings (SSSR count). The van der Waals surface area contributed by atoms with Gasteiger partial charge in [0.25, 0.3) is 0 Å². The molecule has 0 bridgehead atoms. The Morgan fingerprint density at radius 1 is 1.28 bits per heavy atom. The fourth-order valence-corrected chi connectivity index (χ4v) is 3.32. The monoisotopic (exact) mass is 520 g/mol. The molecule has 0 unspecified atom stereocenters. The van der Waals surface area contributed by atoms with Crippen LogP contribution in [0.15, 0.2) is 9.52 Å². The van der Waals surface area contributed by atoms with E-state index in [9.17, 15) is 4.79 Å². The standard InChI is InChI=1S/C20H36N6O2.HI/c1-7-14(8-2)17(27)26-11-9-15(10-12-26)23-19(21-6)22-13-16-24-18(28-25-16)20(3,4)5;/h14-15H,7-13H2,1-6H3,(H2,21,22,23);1H. The van der Waals surface area contributed by atoms with Crippen molar-refractivity contribution in [1.29, 1.82) is 0 Å². The number of nitrogens with one attached hydrogen (secondary N) is 2. The second kappa shape index (κ2) is 11.7. The normalized spacial score (nSPS) is 16.0. The van der Waals surface area contributed by atoms with Crippen molar-refractivity contribution in [1.82, 2.24) is 25.7 Å². The van der Waals surface area contributed by atoms with Crippen LogP contribution in [0.4, 0.5) is 0 Å².